The van der Waals surface area contributed by atoms with Crippen LogP contribution in [0.25, 0.3) is 0 Å². The number of carbonyl (C=O) groups is 2. The van der Waals surface area contributed by atoms with Crippen molar-refractivity contribution in [1.29, 1.82) is 0 Å². The Kier molecular flexibility index (Phi) is 3.65. The van der Waals surface area contributed by atoms with Gasteiger partial charge in [0.05, 0.1) is 5.69 Å². The Morgan fingerprint density at radius 2 is 1.86 bits per heavy atom. The maximum atomic E-state index is 12.0. The molecule has 2 aromatic rings. The minimum absolute atomic E-state index is 0.245. The number of nitrogens with one attached hydrogen (secondary N) is 3. The molecule has 0 radical (unpaired) electrons. The zero-order chi connectivity index (χ0) is 15.5. The summed E-state index contributed by atoms with van der Waals surface area (Å²) in [6, 6.07) is 13.9. The van der Waals surface area contributed by atoms with Crippen molar-refractivity contribution in [3.05, 3.63) is 48.5 Å². The van der Waals surface area contributed by atoms with E-state index in [9.17, 15) is 9.59 Å². The third-order valence-electron chi connectivity index (χ3n) is 3.23. The normalized spacial score (nSPS) is 16.0. The molecule has 6 nitrogen and oxygen atoms in total. The summed E-state index contributed by atoms with van der Waals surface area (Å²) in [6.07, 6.45) is -0.555. The summed E-state index contributed by atoms with van der Waals surface area (Å²) in [5.41, 5.74) is 1.62. The number of fused-ring (bicyclic) bond motifs is 1. The Bertz CT molecular complexity index is 716. The SMILES string of the molecule is CC1Oc2cccc(NC(=O)Nc3ccccc3)c2NC1=O. The summed E-state index contributed by atoms with van der Waals surface area (Å²) < 4.78 is 5.50. The van der Waals surface area contributed by atoms with Gasteiger partial charge in [-0.2, -0.15) is 0 Å². The minimum atomic E-state index is -0.555. The van der Waals surface area contributed by atoms with Crippen molar-refractivity contribution in [1.82, 2.24) is 0 Å². The van der Waals surface area contributed by atoms with Crippen LogP contribution in [0.2, 0.25) is 0 Å². The number of rotatable bonds is 2. The van der Waals surface area contributed by atoms with Crippen molar-refractivity contribution < 1.29 is 14.3 Å². The molecule has 1 aliphatic heterocycles. The molecule has 22 heavy (non-hydrogen) atoms. The van der Waals surface area contributed by atoms with Gasteiger partial charge in [0.2, 0.25) is 0 Å². The molecule has 1 aliphatic rings. The van der Waals surface area contributed by atoms with E-state index in [4.69, 9.17) is 4.74 Å². The number of hydrogen-bond donors (Lipinski definition) is 3. The third kappa shape index (κ3) is 2.85. The van der Waals surface area contributed by atoms with Crippen LogP contribution in [0.5, 0.6) is 5.75 Å². The van der Waals surface area contributed by atoms with E-state index in [2.05, 4.69) is 16.0 Å². The second kappa shape index (κ2) is 5.77. The van der Waals surface area contributed by atoms with Crippen molar-refractivity contribution in [3.63, 3.8) is 0 Å². The Hall–Kier alpha value is -3.02. The highest BCUT2D eigenvalue weighted by molar-refractivity contribution is 6.06. The molecular weight excluding hydrogens is 282 g/mol. The second-order valence-electron chi connectivity index (χ2n) is 4.87. The van der Waals surface area contributed by atoms with Crippen molar-refractivity contribution >= 4 is 29.0 Å². The molecular formula is C16H15N3O3. The van der Waals surface area contributed by atoms with Gasteiger partial charge in [-0.15, -0.1) is 0 Å². The van der Waals surface area contributed by atoms with Gasteiger partial charge < -0.3 is 20.7 Å². The molecule has 3 N–H and O–H groups in total. The minimum Gasteiger partial charge on any atom is -0.479 e. The van der Waals surface area contributed by atoms with Gasteiger partial charge >= 0.3 is 6.03 Å². The quantitative estimate of drug-likeness (QED) is 0.797. The van der Waals surface area contributed by atoms with E-state index in [1.54, 1.807) is 37.3 Å². The van der Waals surface area contributed by atoms with E-state index in [1.807, 2.05) is 18.2 Å². The lowest BCUT2D eigenvalue weighted by atomic mass is 10.2. The molecule has 3 amide bonds. The number of para-hydroxylation sites is 2. The van der Waals surface area contributed by atoms with Crippen LogP contribution >= 0.6 is 0 Å². The molecule has 0 saturated heterocycles. The molecule has 3 rings (SSSR count). The van der Waals surface area contributed by atoms with E-state index >= 15 is 0 Å². The average molecular weight is 297 g/mol. The highest BCUT2D eigenvalue weighted by atomic mass is 16.5. The molecule has 0 spiro atoms. The predicted octanol–water partition coefficient (Wildman–Crippen LogP) is 3.05. The molecule has 0 saturated carbocycles. The standard InChI is InChI=1S/C16H15N3O3/c1-10-15(20)19-14-12(8-5-9-13(14)22-10)18-16(21)17-11-6-3-2-4-7-11/h2-10H,1H3,(H,19,20)(H2,17,18,21). The van der Waals surface area contributed by atoms with Crippen molar-refractivity contribution in [2.24, 2.45) is 0 Å². The van der Waals surface area contributed by atoms with Crippen LogP contribution in [-0.4, -0.2) is 18.0 Å². The van der Waals surface area contributed by atoms with E-state index < -0.39 is 12.1 Å². The van der Waals surface area contributed by atoms with Crippen LogP contribution in [0, 0.1) is 0 Å². The van der Waals surface area contributed by atoms with E-state index in [0.717, 1.165) is 0 Å². The van der Waals surface area contributed by atoms with Gasteiger partial charge in [0.15, 0.2) is 6.10 Å². The molecule has 0 aromatic heterocycles. The van der Waals surface area contributed by atoms with Crippen molar-refractivity contribution in [3.8, 4) is 5.75 Å². The first-order valence-electron chi connectivity index (χ1n) is 6.87. The van der Waals surface area contributed by atoms with Gasteiger partial charge in [0.1, 0.15) is 11.4 Å². The van der Waals surface area contributed by atoms with Crippen molar-refractivity contribution in [2.45, 2.75) is 13.0 Å². The fraction of sp³-hybridized carbons (Fsp3) is 0.125. The average Bonchev–Trinajstić information content (AvgIpc) is 2.50. The maximum Gasteiger partial charge on any atom is 0.323 e. The number of urea groups is 1. The van der Waals surface area contributed by atoms with Gasteiger partial charge in [-0.3, -0.25) is 4.79 Å². The summed E-state index contributed by atoms with van der Waals surface area (Å²) in [4.78, 5) is 23.8. The maximum absolute atomic E-state index is 12.0. The molecule has 1 atom stereocenters. The van der Waals surface area contributed by atoms with E-state index in [0.29, 0.717) is 22.8 Å². The number of anilines is 3. The van der Waals surface area contributed by atoms with Gasteiger partial charge in [-0.25, -0.2) is 4.79 Å². The number of benzene rings is 2. The summed E-state index contributed by atoms with van der Waals surface area (Å²) in [6.45, 7) is 1.67. The largest absolute Gasteiger partial charge is 0.479 e. The first-order chi connectivity index (χ1) is 10.6. The summed E-state index contributed by atoms with van der Waals surface area (Å²) in [7, 11) is 0. The number of carbonyl (C=O) groups excluding carboxylic acids is 2. The van der Waals surface area contributed by atoms with Gasteiger partial charge in [0, 0.05) is 5.69 Å². The fourth-order valence-electron chi connectivity index (χ4n) is 2.14. The monoisotopic (exact) mass is 297 g/mol. The Balaban J connectivity index is 1.77. The molecule has 1 heterocycles. The van der Waals surface area contributed by atoms with Gasteiger partial charge in [-0.1, -0.05) is 24.3 Å². The van der Waals surface area contributed by atoms with Crippen LogP contribution in [0.1, 0.15) is 6.92 Å². The summed E-state index contributed by atoms with van der Waals surface area (Å²) in [5.74, 6) is 0.287. The molecule has 2 aromatic carbocycles. The molecule has 112 valence electrons. The number of ether oxygens (including phenoxy) is 1. The molecule has 0 aliphatic carbocycles. The van der Waals surface area contributed by atoms with Gasteiger partial charge in [-0.05, 0) is 31.2 Å². The lowest BCUT2D eigenvalue weighted by molar-refractivity contribution is -0.122. The summed E-state index contributed by atoms with van der Waals surface area (Å²) in [5, 5.41) is 8.16. The van der Waals surface area contributed by atoms with Crippen LogP contribution in [-0.2, 0) is 4.79 Å². The predicted molar refractivity (Wildman–Crippen MR) is 84.2 cm³/mol. The fourth-order valence-corrected chi connectivity index (χ4v) is 2.14. The van der Waals surface area contributed by atoms with Crippen molar-refractivity contribution in [2.75, 3.05) is 16.0 Å². The Morgan fingerprint density at radius 1 is 1.09 bits per heavy atom. The Morgan fingerprint density at radius 3 is 2.64 bits per heavy atom. The molecule has 0 bridgehead atoms. The van der Waals surface area contributed by atoms with E-state index in [1.165, 1.54) is 0 Å². The molecule has 0 fully saturated rings. The first-order valence-corrected chi connectivity index (χ1v) is 6.87. The third-order valence-corrected chi connectivity index (χ3v) is 3.23. The summed E-state index contributed by atoms with van der Waals surface area (Å²) >= 11 is 0. The van der Waals surface area contributed by atoms with E-state index in [-0.39, 0.29) is 5.91 Å². The highest BCUT2D eigenvalue weighted by Crippen LogP contribution is 2.36. The van der Waals surface area contributed by atoms with Crippen LogP contribution in [0.15, 0.2) is 48.5 Å². The lowest BCUT2D eigenvalue weighted by Crippen LogP contribution is -2.35. The second-order valence-corrected chi connectivity index (χ2v) is 4.87. The highest BCUT2D eigenvalue weighted by Gasteiger charge is 2.25. The zero-order valence-electron chi connectivity index (χ0n) is 11.9. The Labute approximate surface area is 127 Å². The number of hydrogen-bond acceptors (Lipinski definition) is 3. The van der Waals surface area contributed by atoms with Crippen LogP contribution in [0.4, 0.5) is 21.9 Å². The molecule has 1 unspecified atom stereocenters. The van der Waals surface area contributed by atoms with Gasteiger partial charge in [0.25, 0.3) is 5.91 Å². The molecule has 6 heteroatoms. The number of amides is 3. The topological polar surface area (TPSA) is 79.5 Å². The lowest BCUT2D eigenvalue weighted by Gasteiger charge is -2.25. The van der Waals surface area contributed by atoms with Crippen LogP contribution in [0.3, 0.4) is 0 Å². The zero-order valence-corrected chi connectivity index (χ0v) is 11.9. The van der Waals surface area contributed by atoms with Crippen LogP contribution < -0.4 is 20.7 Å². The smallest absolute Gasteiger partial charge is 0.323 e. The first kappa shape index (κ1) is 13.9.